The molecule has 0 aliphatic carbocycles. The molecule has 0 amide bonds. The van der Waals surface area contributed by atoms with Crippen LogP contribution in [0, 0.1) is 10.1 Å². The van der Waals surface area contributed by atoms with Crippen molar-refractivity contribution in [1.29, 1.82) is 0 Å². The molecule has 0 aliphatic heterocycles. The number of hydrogen-bond acceptors (Lipinski definition) is 8. The van der Waals surface area contributed by atoms with Gasteiger partial charge in [0.25, 0.3) is 5.69 Å². The third-order valence-corrected chi connectivity index (χ3v) is 6.22. The molecule has 0 radical (unpaired) electrons. The van der Waals surface area contributed by atoms with Crippen molar-refractivity contribution in [2.24, 2.45) is 5.10 Å². The van der Waals surface area contributed by atoms with Crippen LogP contribution in [0.15, 0.2) is 83.1 Å². The summed E-state index contributed by atoms with van der Waals surface area (Å²) in [6, 6.07) is 20.2. The van der Waals surface area contributed by atoms with Crippen LogP contribution in [0.4, 0.5) is 11.4 Å². The van der Waals surface area contributed by atoms with Gasteiger partial charge in [0.15, 0.2) is 16.7 Å². The number of carbonyl (C=O) groups excluding carboxylic acids is 1. The summed E-state index contributed by atoms with van der Waals surface area (Å²) in [6.45, 7) is 1.36. The molecule has 0 aliphatic rings. The third kappa shape index (κ3) is 5.68. The van der Waals surface area contributed by atoms with E-state index in [2.05, 4.69) is 20.7 Å². The highest BCUT2D eigenvalue weighted by atomic mass is 35.5. The summed E-state index contributed by atoms with van der Waals surface area (Å²) < 4.78 is 1.76. The zero-order valence-corrected chi connectivity index (χ0v) is 20.4. The van der Waals surface area contributed by atoms with E-state index < -0.39 is 4.92 Å². The van der Waals surface area contributed by atoms with E-state index in [9.17, 15) is 14.9 Å². The second kappa shape index (κ2) is 10.7. The minimum Gasteiger partial charge on any atom is -0.292 e. The van der Waals surface area contributed by atoms with Gasteiger partial charge in [0.05, 0.1) is 15.6 Å². The highest BCUT2D eigenvalue weighted by Gasteiger charge is 2.21. The topological polar surface area (TPSA) is 115 Å². The first kappa shape index (κ1) is 24.4. The van der Waals surface area contributed by atoms with E-state index in [1.165, 1.54) is 25.1 Å². The number of nitro benzene ring substituents is 1. The molecule has 0 spiro atoms. The van der Waals surface area contributed by atoms with E-state index in [0.29, 0.717) is 32.3 Å². The fourth-order valence-corrected chi connectivity index (χ4v) is 4.32. The Hall–Kier alpha value is -3.73. The van der Waals surface area contributed by atoms with Crippen LogP contribution in [-0.4, -0.2) is 30.5 Å². The molecule has 1 aromatic heterocycles. The number of thioether (sulfide) groups is 1. The van der Waals surface area contributed by atoms with Gasteiger partial charge in [-0.25, -0.2) is 0 Å². The van der Waals surface area contributed by atoms with Crippen LogP contribution in [-0.2, 0) is 4.79 Å². The first-order valence-electron chi connectivity index (χ1n) is 10.1. The predicted molar refractivity (Wildman–Crippen MR) is 138 cm³/mol. The number of nitrogens with one attached hydrogen (secondary N) is 1. The van der Waals surface area contributed by atoms with Crippen LogP contribution < -0.4 is 5.43 Å². The third-order valence-electron chi connectivity index (χ3n) is 4.65. The maximum absolute atomic E-state index is 12.4. The monoisotopic (exact) mass is 526 g/mol. The van der Waals surface area contributed by atoms with E-state index in [-0.39, 0.29) is 16.5 Å². The predicted octanol–water partition coefficient (Wildman–Crippen LogP) is 6.26. The van der Waals surface area contributed by atoms with Crippen molar-refractivity contribution in [1.82, 2.24) is 14.8 Å². The number of benzene rings is 3. The Morgan fingerprint density at radius 3 is 2.51 bits per heavy atom. The molecule has 0 bridgehead atoms. The molecule has 0 saturated heterocycles. The first-order valence-corrected chi connectivity index (χ1v) is 11.6. The molecule has 12 heteroatoms. The minimum atomic E-state index is -0.513. The van der Waals surface area contributed by atoms with Crippen LogP contribution in [0.5, 0.6) is 0 Å². The van der Waals surface area contributed by atoms with Crippen molar-refractivity contribution < 1.29 is 9.72 Å². The van der Waals surface area contributed by atoms with Gasteiger partial charge in [-0.3, -0.25) is 24.9 Å². The Kier molecular flexibility index (Phi) is 7.45. The van der Waals surface area contributed by atoms with Crippen LogP contribution in [0.2, 0.25) is 10.0 Å². The van der Waals surface area contributed by atoms with E-state index in [4.69, 9.17) is 23.2 Å². The van der Waals surface area contributed by atoms with Gasteiger partial charge in [-0.05, 0) is 48.2 Å². The lowest BCUT2D eigenvalue weighted by atomic mass is 10.2. The van der Waals surface area contributed by atoms with E-state index in [0.717, 1.165) is 17.4 Å². The van der Waals surface area contributed by atoms with Crippen LogP contribution >= 0.6 is 35.0 Å². The summed E-state index contributed by atoms with van der Waals surface area (Å²) in [7, 11) is 0. The van der Waals surface area contributed by atoms with Gasteiger partial charge in [0, 0.05) is 35.3 Å². The van der Waals surface area contributed by atoms with Gasteiger partial charge in [0.1, 0.15) is 0 Å². The molecule has 176 valence electrons. The summed E-state index contributed by atoms with van der Waals surface area (Å²) in [5, 5.41) is 25.1. The van der Waals surface area contributed by atoms with Crippen LogP contribution in [0.25, 0.3) is 17.1 Å². The van der Waals surface area contributed by atoms with Gasteiger partial charge in [-0.2, -0.15) is 5.10 Å². The smallest absolute Gasteiger partial charge is 0.271 e. The number of aromatic nitrogens is 3. The van der Waals surface area contributed by atoms with Crippen LogP contribution in [0.3, 0.4) is 0 Å². The summed E-state index contributed by atoms with van der Waals surface area (Å²) in [5.41, 5.74) is 4.31. The highest BCUT2D eigenvalue weighted by Crippen LogP contribution is 2.34. The van der Waals surface area contributed by atoms with E-state index in [1.54, 1.807) is 28.8 Å². The maximum Gasteiger partial charge on any atom is 0.271 e. The van der Waals surface area contributed by atoms with Crippen molar-refractivity contribution in [2.45, 2.75) is 12.1 Å². The number of carbonyl (C=O) groups is 1. The van der Waals surface area contributed by atoms with E-state index in [1.807, 2.05) is 30.3 Å². The number of anilines is 1. The SMILES string of the molecule is CC(=O)C(=NNc1cccc([N+](=O)[O-])c1)Sc1nnc(-c2ccc(Cl)cc2Cl)n1-c1ccccc1. The fourth-order valence-electron chi connectivity index (χ4n) is 3.06. The number of hydrogen-bond donors (Lipinski definition) is 1. The average molecular weight is 527 g/mol. The summed E-state index contributed by atoms with van der Waals surface area (Å²) in [5.74, 6) is 0.122. The molecule has 0 unspecified atom stereocenters. The van der Waals surface area contributed by atoms with Crippen molar-refractivity contribution in [2.75, 3.05) is 5.43 Å². The van der Waals surface area contributed by atoms with Crippen LogP contribution in [0.1, 0.15) is 6.92 Å². The molecule has 1 N–H and O–H groups in total. The Balaban J connectivity index is 1.73. The lowest BCUT2D eigenvalue weighted by molar-refractivity contribution is -0.384. The summed E-state index contributed by atoms with van der Waals surface area (Å²) in [6.07, 6.45) is 0. The van der Waals surface area contributed by atoms with E-state index >= 15 is 0 Å². The molecule has 0 atom stereocenters. The Morgan fingerprint density at radius 1 is 1.06 bits per heavy atom. The number of Topliss-reactive ketones (excluding diaryl/α,β-unsaturated/α-hetero) is 1. The molecule has 0 saturated carbocycles. The molecule has 0 fully saturated rings. The average Bonchev–Trinajstić information content (AvgIpc) is 3.25. The highest BCUT2D eigenvalue weighted by molar-refractivity contribution is 8.15. The number of hydrazone groups is 1. The second-order valence-electron chi connectivity index (χ2n) is 7.10. The molecule has 35 heavy (non-hydrogen) atoms. The van der Waals surface area contributed by atoms with Gasteiger partial charge < -0.3 is 0 Å². The van der Waals surface area contributed by atoms with Gasteiger partial charge in [0.2, 0.25) is 5.16 Å². The zero-order chi connectivity index (χ0) is 24.9. The van der Waals surface area contributed by atoms with Gasteiger partial charge in [-0.1, -0.05) is 47.5 Å². The normalized spacial score (nSPS) is 11.3. The lowest BCUT2D eigenvalue weighted by Gasteiger charge is -2.11. The molecule has 3 aromatic carbocycles. The Morgan fingerprint density at radius 2 is 1.83 bits per heavy atom. The van der Waals surface area contributed by atoms with Gasteiger partial charge >= 0.3 is 0 Å². The lowest BCUT2D eigenvalue weighted by Crippen LogP contribution is -2.10. The molecular formula is C23H16Cl2N6O3S. The number of rotatable bonds is 7. The Labute approximate surface area is 213 Å². The standard InChI is InChI=1S/C23H16Cl2N6O3S/c1-14(32)22(28-26-16-6-5-9-18(13-16)31(33)34)35-23-29-27-21(19-11-10-15(24)12-20(19)25)30(23)17-7-3-2-4-8-17/h2-13,26H,1H3. The van der Waals surface area contributed by atoms with Crippen molar-refractivity contribution in [3.05, 3.63) is 93.0 Å². The fraction of sp³-hybridized carbons (Fsp3) is 0.0435. The number of para-hydroxylation sites is 1. The Bertz CT molecular complexity index is 1440. The molecule has 4 aromatic rings. The number of ketones is 1. The number of halogens is 2. The van der Waals surface area contributed by atoms with Crippen molar-refractivity contribution in [3.8, 4) is 17.1 Å². The second-order valence-corrected chi connectivity index (χ2v) is 8.90. The van der Waals surface area contributed by atoms with Gasteiger partial charge in [-0.15, -0.1) is 10.2 Å². The van der Waals surface area contributed by atoms with Crippen molar-refractivity contribution in [3.63, 3.8) is 0 Å². The molecule has 9 nitrogen and oxygen atoms in total. The molecule has 1 heterocycles. The molecular weight excluding hydrogens is 511 g/mol. The van der Waals surface area contributed by atoms with Crippen molar-refractivity contribution >= 4 is 57.2 Å². The maximum atomic E-state index is 12.4. The number of nitro groups is 1. The summed E-state index contributed by atoms with van der Waals surface area (Å²) in [4.78, 5) is 22.9. The number of nitrogens with zero attached hydrogens (tertiary/aromatic N) is 5. The largest absolute Gasteiger partial charge is 0.292 e. The number of non-ortho nitro benzene ring substituents is 1. The molecule has 4 rings (SSSR count). The quantitative estimate of drug-likeness (QED) is 0.0992. The summed E-state index contributed by atoms with van der Waals surface area (Å²) >= 11 is 13.5. The zero-order valence-electron chi connectivity index (χ0n) is 18.1. The first-order chi connectivity index (χ1) is 16.8. The minimum absolute atomic E-state index is 0.0786.